The van der Waals surface area contributed by atoms with E-state index in [-0.39, 0.29) is 25.8 Å². The van der Waals surface area contributed by atoms with Crippen molar-refractivity contribution in [3.05, 3.63) is 31.5 Å². The number of imide groups is 2. The number of aliphatic hydroxyl groups excluding tert-OH is 2. The molecule has 1 aromatic rings. The van der Waals surface area contributed by atoms with Gasteiger partial charge in [-0.25, -0.2) is 32.9 Å². The molecule has 0 aromatic carbocycles. The number of urea groups is 1. The van der Waals surface area contributed by atoms with Gasteiger partial charge in [-0.2, -0.15) is 0 Å². The molecule has 0 bridgehead atoms. The van der Waals surface area contributed by atoms with Crippen molar-refractivity contribution in [1.82, 2.24) is 23.5 Å². The summed E-state index contributed by atoms with van der Waals surface area (Å²) in [6.07, 6.45) is -1.98. The third-order valence-electron chi connectivity index (χ3n) is 6.24. The maximum absolute atomic E-state index is 13.0. The summed E-state index contributed by atoms with van der Waals surface area (Å²) in [4.78, 5) is 77.4. The van der Waals surface area contributed by atoms with E-state index in [0.29, 0.717) is 13.7 Å². The van der Waals surface area contributed by atoms with Crippen LogP contribution in [-0.4, -0.2) is 77.4 Å². The van der Waals surface area contributed by atoms with Crippen LogP contribution in [0.3, 0.4) is 0 Å². The van der Waals surface area contributed by atoms with Crippen LogP contribution in [0.2, 0.25) is 0 Å². The lowest BCUT2D eigenvalue weighted by Crippen LogP contribution is -2.65. The van der Waals surface area contributed by atoms with Crippen molar-refractivity contribution in [3.63, 3.8) is 0 Å². The van der Waals surface area contributed by atoms with Gasteiger partial charge in [0.2, 0.25) is 11.8 Å². The summed E-state index contributed by atoms with van der Waals surface area (Å²) in [6, 6.07) is -0.919. The number of nitrogens with zero attached hydrogens (tertiary/aromatic N) is 5. The first kappa shape index (κ1) is 26.2. The molecule has 0 saturated carbocycles. The first-order chi connectivity index (χ1) is 15.4. The monoisotopic (exact) mass is 469 g/mol. The number of rotatable bonds is 9. The summed E-state index contributed by atoms with van der Waals surface area (Å²) >= 11 is 0. The average Bonchev–Trinajstić information content (AvgIpc) is 2.80. The maximum atomic E-state index is 13.0. The molecule has 1 aromatic heterocycles. The van der Waals surface area contributed by atoms with E-state index >= 15 is 0 Å². The molecule has 1 saturated heterocycles. The highest BCUT2D eigenvalue weighted by Crippen LogP contribution is 2.35. The molecule has 4 amide bonds. The summed E-state index contributed by atoms with van der Waals surface area (Å²) in [5, 5.41) is 20.4. The maximum Gasteiger partial charge on any atom is 0.336 e. The quantitative estimate of drug-likeness (QED) is 0.395. The molecule has 2 atom stereocenters. The molecule has 1 fully saturated rings. The predicted molar refractivity (Wildman–Crippen MR) is 115 cm³/mol. The van der Waals surface area contributed by atoms with E-state index in [2.05, 4.69) is 0 Å². The lowest BCUT2D eigenvalue weighted by atomic mass is 9.78. The van der Waals surface area contributed by atoms with E-state index < -0.39 is 65.6 Å². The topological polar surface area (TPSA) is 164 Å². The number of aliphatic hydroxyl groups is 2. The molecule has 184 valence electrons. The molecule has 1 aliphatic rings. The van der Waals surface area contributed by atoms with E-state index in [1.165, 1.54) is 7.05 Å². The number of aromatic nitrogens is 3. The lowest BCUT2D eigenvalue weighted by molar-refractivity contribution is -0.159. The number of hydrogen-bond donors (Lipinski definition) is 2. The van der Waals surface area contributed by atoms with Crippen LogP contribution in [-0.2, 0) is 29.7 Å². The Labute approximate surface area is 189 Å². The molecule has 0 spiro atoms. The minimum atomic E-state index is -1.54. The summed E-state index contributed by atoms with van der Waals surface area (Å²) in [7, 11) is 2.39. The van der Waals surface area contributed by atoms with Crippen molar-refractivity contribution in [2.45, 2.75) is 65.3 Å². The number of carbonyl (C=O) groups excluding carboxylic acids is 3. The second-order valence-electron chi connectivity index (χ2n) is 8.20. The van der Waals surface area contributed by atoms with Gasteiger partial charge < -0.3 is 10.2 Å². The van der Waals surface area contributed by atoms with Crippen LogP contribution in [0, 0.1) is 5.41 Å². The molecule has 13 nitrogen and oxygen atoms in total. The van der Waals surface area contributed by atoms with Crippen molar-refractivity contribution in [1.29, 1.82) is 0 Å². The molecule has 2 heterocycles. The van der Waals surface area contributed by atoms with Crippen molar-refractivity contribution in [3.8, 4) is 0 Å². The van der Waals surface area contributed by atoms with Gasteiger partial charge in [-0.15, -0.1) is 0 Å². The van der Waals surface area contributed by atoms with Gasteiger partial charge >= 0.3 is 23.1 Å². The SMILES string of the molecule is CCC(O)Cn1c(=O)n(C)c(=O)n(CC(O)CN2C(=O)N(C)C(=O)C(CC)(CC)C2=O)c1=O. The molecule has 2 unspecified atom stereocenters. The summed E-state index contributed by atoms with van der Waals surface area (Å²) in [6.45, 7) is 3.42. The summed E-state index contributed by atoms with van der Waals surface area (Å²) in [5.41, 5.74) is -4.39. The van der Waals surface area contributed by atoms with Crippen LogP contribution < -0.4 is 17.1 Å². The third-order valence-corrected chi connectivity index (χ3v) is 6.24. The van der Waals surface area contributed by atoms with Crippen LogP contribution in [0.1, 0.15) is 40.0 Å². The number of carbonyl (C=O) groups is 3. The fourth-order valence-corrected chi connectivity index (χ4v) is 3.93. The van der Waals surface area contributed by atoms with Gasteiger partial charge in [0.15, 0.2) is 0 Å². The summed E-state index contributed by atoms with van der Waals surface area (Å²) < 4.78 is 1.96. The van der Waals surface area contributed by atoms with Crippen molar-refractivity contribution < 1.29 is 24.6 Å². The fraction of sp³-hybridized carbons (Fsp3) is 0.700. The van der Waals surface area contributed by atoms with Gasteiger partial charge in [0.1, 0.15) is 5.41 Å². The largest absolute Gasteiger partial charge is 0.391 e. The predicted octanol–water partition coefficient (Wildman–Crippen LogP) is -1.93. The first-order valence-corrected chi connectivity index (χ1v) is 10.8. The molecule has 13 heteroatoms. The zero-order valence-corrected chi connectivity index (χ0v) is 19.5. The minimum absolute atomic E-state index is 0.149. The molecule has 0 radical (unpaired) electrons. The van der Waals surface area contributed by atoms with Crippen LogP contribution in [0.4, 0.5) is 4.79 Å². The Hall–Kier alpha value is -3.06. The van der Waals surface area contributed by atoms with Crippen molar-refractivity contribution in [2.75, 3.05) is 13.6 Å². The van der Waals surface area contributed by atoms with E-state index in [4.69, 9.17) is 0 Å². The molecular weight excluding hydrogens is 438 g/mol. The molecule has 2 rings (SSSR count). The van der Waals surface area contributed by atoms with E-state index in [9.17, 15) is 39.0 Å². The number of barbiturate groups is 1. The van der Waals surface area contributed by atoms with Gasteiger partial charge in [0, 0.05) is 14.1 Å². The van der Waals surface area contributed by atoms with Gasteiger partial charge in [-0.3, -0.25) is 19.4 Å². The highest BCUT2D eigenvalue weighted by molar-refractivity contribution is 6.18. The van der Waals surface area contributed by atoms with E-state index in [1.54, 1.807) is 20.8 Å². The van der Waals surface area contributed by atoms with Crippen LogP contribution in [0.25, 0.3) is 0 Å². The van der Waals surface area contributed by atoms with Crippen LogP contribution >= 0.6 is 0 Å². The van der Waals surface area contributed by atoms with E-state index in [1.807, 2.05) is 0 Å². The van der Waals surface area contributed by atoms with Gasteiger partial charge in [0.25, 0.3) is 0 Å². The standard InChI is InChI=1S/C20H31N5O8/c1-6-12(26)9-24-17(31)22(5)18(32)25(19(24)33)11-13(27)10-23-15(29)20(7-2,8-3)14(28)21(4)16(23)30/h12-13,26-27H,6-11H2,1-5H3. The van der Waals surface area contributed by atoms with Gasteiger partial charge in [0.05, 0.1) is 31.8 Å². The van der Waals surface area contributed by atoms with Crippen molar-refractivity contribution >= 4 is 17.8 Å². The Bertz CT molecular complexity index is 1110. The minimum Gasteiger partial charge on any atom is -0.391 e. The smallest absolute Gasteiger partial charge is 0.336 e. The Morgan fingerprint density at radius 3 is 1.67 bits per heavy atom. The second kappa shape index (κ2) is 9.83. The highest BCUT2D eigenvalue weighted by atomic mass is 16.3. The average molecular weight is 469 g/mol. The molecule has 0 aliphatic carbocycles. The van der Waals surface area contributed by atoms with E-state index in [0.717, 1.165) is 16.8 Å². The molecular formula is C20H31N5O8. The fourth-order valence-electron chi connectivity index (χ4n) is 3.93. The van der Waals surface area contributed by atoms with Gasteiger partial charge in [-0.1, -0.05) is 20.8 Å². The molecule has 2 N–H and O–H groups in total. The molecule has 33 heavy (non-hydrogen) atoms. The second-order valence-corrected chi connectivity index (χ2v) is 8.20. The first-order valence-electron chi connectivity index (χ1n) is 10.8. The normalized spacial score (nSPS) is 18.1. The zero-order chi connectivity index (χ0) is 25.2. The highest BCUT2D eigenvalue weighted by Gasteiger charge is 2.54. The summed E-state index contributed by atoms with van der Waals surface area (Å²) in [5.74, 6) is -1.38. The van der Waals surface area contributed by atoms with Crippen LogP contribution in [0.15, 0.2) is 14.4 Å². The van der Waals surface area contributed by atoms with Crippen molar-refractivity contribution in [2.24, 2.45) is 12.5 Å². The third kappa shape index (κ3) is 4.42. The number of β-amino-alcohol motifs (C(OH)–C–C–N with tert-alkyl or cyclic N) is 1. The Morgan fingerprint density at radius 2 is 1.21 bits per heavy atom. The Kier molecular flexibility index (Phi) is 7.80. The zero-order valence-electron chi connectivity index (χ0n) is 19.5. The Balaban J connectivity index is 2.40. The number of amides is 4. The molecule has 1 aliphatic heterocycles. The van der Waals surface area contributed by atoms with Crippen LogP contribution in [0.5, 0.6) is 0 Å². The lowest BCUT2D eigenvalue weighted by Gasteiger charge is -2.42. The Morgan fingerprint density at radius 1 is 0.727 bits per heavy atom. The van der Waals surface area contributed by atoms with Gasteiger partial charge in [-0.05, 0) is 19.3 Å². The number of hydrogen-bond acceptors (Lipinski definition) is 8.